The molecule has 0 atom stereocenters. The van der Waals surface area contributed by atoms with E-state index in [1.807, 2.05) is 13.0 Å². The van der Waals surface area contributed by atoms with Crippen molar-refractivity contribution in [3.8, 4) is 0 Å². The average molecular weight is 309 g/mol. The van der Waals surface area contributed by atoms with E-state index in [4.69, 9.17) is 11.6 Å². The molecule has 0 radical (unpaired) electrons. The minimum atomic E-state index is 0.799. The molecule has 0 saturated carbocycles. The van der Waals surface area contributed by atoms with Crippen molar-refractivity contribution in [3.63, 3.8) is 0 Å². The highest BCUT2D eigenvalue weighted by Gasteiger charge is 2.20. The highest BCUT2D eigenvalue weighted by atomic mass is 35.5. The fourth-order valence-corrected chi connectivity index (χ4v) is 3.38. The number of hydrogen-bond donors (Lipinski definition) is 0. The second-order valence-corrected chi connectivity index (χ2v) is 6.61. The number of piperazine rings is 1. The van der Waals surface area contributed by atoms with Crippen LogP contribution in [0.3, 0.4) is 0 Å². The number of hydrogen-bond acceptors (Lipinski definition) is 5. The van der Waals surface area contributed by atoms with E-state index in [-0.39, 0.29) is 0 Å². The highest BCUT2D eigenvalue weighted by Crippen LogP contribution is 2.27. The largest absolute Gasteiger partial charge is 0.368 e. The van der Waals surface area contributed by atoms with Crippen molar-refractivity contribution in [2.75, 3.05) is 36.0 Å². The fraction of sp³-hybridized carbons (Fsp3) is 0.429. The summed E-state index contributed by atoms with van der Waals surface area (Å²) in [6.45, 7) is 8.04. The first-order valence-corrected chi connectivity index (χ1v) is 7.89. The zero-order valence-corrected chi connectivity index (χ0v) is 13.2. The van der Waals surface area contributed by atoms with E-state index >= 15 is 0 Å². The molecule has 106 valence electrons. The third kappa shape index (κ3) is 2.74. The molecule has 20 heavy (non-hydrogen) atoms. The third-order valence-electron chi connectivity index (χ3n) is 3.58. The van der Waals surface area contributed by atoms with Crippen molar-refractivity contribution in [3.05, 3.63) is 33.8 Å². The Morgan fingerprint density at radius 2 is 1.75 bits per heavy atom. The predicted molar refractivity (Wildman–Crippen MR) is 85.3 cm³/mol. The summed E-state index contributed by atoms with van der Waals surface area (Å²) in [7, 11) is 0. The second-order valence-electron chi connectivity index (χ2n) is 5.01. The minimum absolute atomic E-state index is 0.799. The van der Waals surface area contributed by atoms with E-state index in [9.17, 15) is 0 Å². The first-order valence-electron chi connectivity index (χ1n) is 6.69. The van der Waals surface area contributed by atoms with Crippen LogP contribution < -0.4 is 9.80 Å². The van der Waals surface area contributed by atoms with Gasteiger partial charge in [-0.05, 0) is 31.5 Å². The molecule has 0 N–H and O–H groups in total. The lowest BCUT2D eigenvalue weighted by atomic mass is 10.1. The average Bonchev–Trinajstić information content (AvgIpc) is 2.88. The van der Waals surface area contributed by atoms with E-state index in [1.54, 1.807) is 11.3 Å². The predicted octanol–water partition coefficient (Wildman–Crippen LogP) is 3.13. The van der Waals surface area contributed by atoms with Gasteiger partial charge in [-0.2, -0.15) is 0 Å². The minimum Gasteiger partial charge on any atom is -0.368 e. The molecular formula is C14H17ClN4S. The number of nitrogens with zero attached hydrogens (tertiary/aromatic N) is 4. The van der Waals surface area contributed by atoms with Gasteiger partial charge in [-0.15, -0.1) is 10.2 Å². The molecule has 3 rings (SSSR count). The SMILES string of the molecule is Cc1nnc(N2CCN(c3cc(Cl)ccc3C)CC2)s1. The van der Waals surface area contributed by atoms with Crippen molar-refractivity contribution in [1.29, 1.82) is 0 Å². The van der Waals surface area contributed by atoms with Crippen molar-refractivity contribution in [1.82, 2.24) is 10.2 Å². The summed E-state index contributed by atoms with van der Waals surface area (Å²) in [5.74, 6) is 0. The summed E-state index contributed by atoms with van der Waals surface area (Å²) in [6.07, 6.45) is 0. The Balaban J connectivity index is 1.70. The molecule has 1 aromatic heterocycles. The van der Waals surface area contributed by atoms with Gasteiger partial charge in [-0.1, -0.05) is 29.0 Å². The van der Waals surface area contributed by atoms with E-state index in [0.717, 1.165) is 41.3 Å². The van der Waals surface area contributed by atoms with Gasteiger partial charge in [0, 0.05) is 36.9 Å². The smallest absolute Gasteiger partial charge is 0.208 e. The molecule has 6 heteroatoms. The molecule has 2 aromatic rings. The van der Waals surface area contributed by atoms with E-state index in [2.05, 4.69) is 39.1 Å². The molecule has 1 aliphatic rings. The van der Waals surface area contributed by atoms with Gasteiger partial charge >= 0.3 is 0 Å². The number of aryl methyl sites for hydroxylation is 2. The number of anilines is 2. The van der Waals surface area contributed by atoms with E-state index in [1.165, 1.54) is 11.3 Å². The van der Waals surface area contributed by atoms with Crippen LogP contribution in [0.5, 0.6) is 0 Å². The van der Waals surface area contributed by atoms with Gasteiger partial charge in [-0.25, -0.2) is 0 Å². The van der Waals surface area contributed by atoms with Gasteiger partial charge in [0.15, 0.2) is 0 Å². The number of benzene rings is 1. The summed E-state index contributed by atoms with van der Waals surface area (Å²) in [5.41, 5.74) is 2.51. The Labute approximate surface area is 128 Å². The van der Waals surface area contributed by atoms with Crippen molar-refractivity contribution < 1.29 is 0 Å². The van der Waals surface area contributed by atoms with Crippen LogP contribution in [0.4, 0.5) is 10.8 Å². The first kappa shape index (κ1) is 13.6. The first-order chi connectivity index (χ1) is 9.63. The van der Waals surface area contributed by atoms with Gasteiger partial charge in [0.05, 0.1) is 0 Å². The Kier molecular flexibility index (Phi) is 3.81. The van der Waals surface area contributed by atoms with E-state index in [0.29, 0.717) is 0 Å². The topological polar surface area (TPSA) is 32.3 Å². The van der Waals surface area contributed by atoms with E-state index < -0.39 is 0 Å². The summed E-state index contributed by atoms with van der Waals surface area (Å²) in [4.78, 5) is 4.70. The van der Waals surface area contributed by atoms with Crippen LogP contribution in [0.25, 0.3) is 0 Å². The molecule has 4 nitrogen and oxygen atoms in total. The summed E-state index contributed by atoms with van der Waals surface area (Å²) in [5, 5.41) is 11.2. The second kappa shape index (κ2) is 5.58. The van der Waals surface area contributed by atoms with Crippen LogP contribution in [0.1, 0.15) is 10.6 Å². The molecule has 0 bridgehead atoms. The lowest BCUT2D eigenvalue weighted by Gasteiger charge is -2.36. The molecule has 2 heterocycles. The van der Waals surface area contributed by atoms with Gasteiger partial charge in [0.25, 0.3) is 0 Å². The summed E-state index contributed by atoms with van der Waals surface area (Å²) in [6, 6.07) is 6.08. The molecule has 0 unspecified atom stereocenters. The normalized spacial score (nSPS) is 15.8. The maximum absolute atomic E-state index is 6.11. The van der Waals surface area contributed by atoms with Crippen LogP contribution in [-0.4, -0.2) is 36.4 Å². The fourth-order valence-electron chi connectivity index (χ4n) is 2.48. The van der Waals surface area contributed by atoms with Crippen LogP contribution in [0.15, 0.2) is 18.2 Å². The maximum atomic E-state index is 6.11. The Morgan fingerprint density at radius 3 is 2.40 bits per heavy atom. The molecule has 1 saturated heterocycles. The molecule has 1 fully saturated rings. The summed E-state index contributed by atoms with van der Waals surface area (Å²) < 4.78 is 0. The monoisotopic (exact) mass is 308 g/mol. The lowest BCUT2D eigenvalue weighted by Crippen LogP contribution is -2.46. The van der Waals surface area contributed by atoms with Gasteiger partial charge in [0.2, 0.25) is 5.13 Å². The maximum Gasteiger partial charge on any atom is 0.208 e. The van der Waals surface area contributed by atoms with Gasteiger partial charge in [0.1, 0.15) is 5.01 Å². The van der Waals surface area contributed by atoms with Crippen molar-refractivity contribution >= 4 is 33.8 Å². The molecular weight excluding hydrogens is 292 g/mol. The van der Waals surface area contributed by atoms with Crippen LogP contribution in [-0.2, 0) is 0 Å². The zero-order chi connectivity index (χ0) is 14.1. The van der Waals surface area contributed by atoms with Gasteiger partial charge < -0.3 is 9.80 Å². The van der Waals surface area contributed by atoms with Crippen molar-refractivity contribution in [2.24, 2.45) is 0 Å². The third-order valence-corrected chi connectivity index (χ3v) is 4.71. The van der Waals surface area contributed by atoms with Crippen LogP contribution >= 0.6 is 22.9 Å². The lowest BCUT2D eigenvalue weighted by molar-refractivity contribution is 0.648. The number of aromatic nitrogens is 2. The number of halogens is 1. The molecule has 0 spiro atoms. The molecule has 0 amide bonds. The quantitative estimate of drug-likeness (QED) is 0.853. The Hall–Kier alpha value is -1.33. The van der Waals surface area contributed by atoms with Crippen LogP contribution in [0, 0.1) is 13.8 Å². The molecule has 1 aromatic carbocycles. The number of rotatable bonds is 2. The van der Waals surface area contributed by atoms with Crippen LogP contribution in [0.2, 0.25) is 5.02 Å². The summed E-state index contributed by atoms with van der Waals surface area (Å²) >= 11 is 7.77. The Morgan fingerprint density at radius 1 is 1.05 bits per heavy atom. The molecule has 1 aliphatic heterocycles. The molecule has 0 aliphatic carbocycles. The Bertz CT molecular complexity index is 605. The van der Waals surface area contributed by atoms with Gasteiger partial charge in [-0.3, -0.25) is 0 Å². The highest BCUT2D eigenvalue weighted by molar-refractivity contribution is 7.15. The van der Waals surface area contributed by atoms with Crippen molar-refractivity contribution in [2.45, 2.75) is 13.8 Å². The zero-order valence-electron chi connectivity index (χ0n) is 11.6. The standard InChI is InChI=1S/C14H17ClN4S/c1-10-3-4-12(15)9-13(10)18-5-7-19(8-6-18)14-17-16-11(2)20-14/h3-4,9H,5-8H2,1-2H3.